The quantitative estimate of drug-likeness (QED) is 0.942. The third-order valence-corrected chi connectivity index (χ3v) is 3.99. The maximum atomic E-state index is 6.29. The number of rotatable bonds is 4. The molecule has 0 amide bonds. The van der Waals surface area contributed by atoms with E-state index in [2.05, 4.69) is 5.10 Å². The van der Waals surface area contributed by atoms with E-state index in [1.807, 2.05) is 26.1 Å². The Labute approximate surface area is 128 Å². The van der Waals surface area contributed by atoms with Crippen LogP contribution in [0.25, 0.3) is 0 Å². The van der Waals surface area contributed by atoms with Gasteiger partial charge >= 0.3 is 0 Å². The molecule has 1 aromatic carbocycles. The molecule has 0 spiro atoms. The van der Waals surface area contributed by atoms with E-state index >= 15 is 0 Å². The molecule has 6 heteroatoms. The number of halogens is 2. The van der Waals surface area contributed by atoms with E-state index in [9.17, 15) is 0 Å². The van der Waals surface area contributed by atoms with Gasteiger partial charge in [-0.3, -0.25) is 4.68 Å². The summed E-state index contributed by atoms with van der Waals surface area (Å²) in [5, 5.41) is 5.53. The van der Waals surface area contributed by atoms with Crippen molar-refractivity contribution in [3.63, 3.8) is 0 Å². The zero-order chi connectivity index (χ0) is 14.9. The Balaban J connectivity index is 2.32. The summed E-state index contributed by atoms with van der Waals surface area (Å²) in [6, 6.07) is 5.16. The fourth-order valence-corrected chi connectivity index (χ4v) is 2.66. The third kappa shape index (κ3) is 2.92. The van der Waals surface area contributed by atoms with Crippen LogP contribution < -0.4 is 10.5 Å². The Hall–Kier alpha value is -1.23. The van der Waals surface area contributed by atoms with Crippen LogP contribution in [0, 0.1) is 6.92 Å². The lowest BCUT2D eigenvalue weighted by molar-refractivity contribution is 0.405. The number of hydrogen-bond acceptors (Lipinski definition) is 3. The van der Waals surface area contributed by atoms with Crippen LogP contribution in [0.4, 0.5) is 0 Å². The molecule has 0 saturated carbocycles. The minimum absolute atomic E-state index is 0.260. The van der Waals surface area contributed by atoms with Crippen molar-refractivity contribution in [2.45, 2.75) is 19.4 Å². The van der Waals surface area contributed by atoms with Gasteiger partial charge in [0.25, 0.3) is 0 Å². The lowest BCUT2D eigenvalue weighted by atomic mass is 9.99. The highest BCUT2D eigenvalue weighted by Crippen LogP contribution is 2.31. The number of hydrogen-bond donors (Lipinski definition) is 1. The summed E-state index contributed by atoms with van der Waals surface area (Å²) < 4.78 is 6.98. The molecule has 1 unspecified atom stereocenters. The molecule has 1 heterocycles. The molecule has 4 nitrogen and oxygen atoms in total. The van der Waals surface area contributed by atoms with Crippen molar-refractivity contribution in [3.8, 4) is 5.75 Å². The molecule has 1 atom stereocenters. The fourth-order valence-electron chi connectivity index (χ4n) is 2.23. The molecule has 0 saturated heterocycles. The van der Waals surface area contributed by atoms with Gasteiger partial charge in [0, 0.05) is 29.2 Å². The zero-order valence-electron chi connectivity index (χ0n) is 11.7. The third-order valence-electron chi connectivity index (χ3n) is 3.29. The standard InChI is InChI=1S/C14H17Cl2N3O/c1-8-10(14(16)19(2)18-8)7-12(17)11-6-9(15)4-5-13(11)20-3/h4-6,12H,7,17H2,1-3H3. The molecule has 0 fully saturated rings. The largest absolute Gasteiger partial charge is 0.496 e. The number of nitrogens with two attached hydrogens (primary N) is 1. The molecule has 20 heavy (non-hydrogen) atoms. The summed E-state index contributed by atoms with van der Waals surface area (Å²) >= 11 is 12.3. The summed E-state index contributed by atoms with van der Waals surface area (Å²) in [5.41, 5.74) is 8.98. The topological polar surface area (TPSA) is 53.1 Å². The summed E-state index contributed by atoms with van der Waals surface area (Å²) in [5.74, 6) is 0.722. The van der Waals surface area contributed by atoms with Gasteiger partial charge in [-0.2, -0.15) is 5.10 Å². The van der Waals surface area contributed by atoms with Gasteiger partial charge in [-0.15, -0.1) is 0 Å². The van der Waals surface area contributed by atoms with Crippen LogP contribution in [0.1, 0.15) is 22.9 Å². The second-order valence-corrected chi connectivity index (χ2v) is 5.47. The van der Waals surface area contributed by atoms with Gasteiger partial charge in [-0.25, -0.2) is 0 Å². The van der Waals surface area contributed by atoms with E-state index in [4.69, 9.17) is 33.7 Å². The van der Waals surface area contributed by atoms with Crippen molar-refractivity contribution in [1.29, 1.82) is 0 Å². The summed E-state index contributed by atoms with van der Waals surface area (Å²) in [6.45, 7) is 1.92. The van der Waals surface area contributed by atoms with E-state index in [1.54, 1.807) is 17.9 Å². The lowest BCUT2D eigenvalue weighted by Crippen LogP contribution is -2.15. The van der Waals surface area contributed by atoms with Gasteiger partial charge in [-0.05, 0) is 31.5 Å². The van der Waals surface area contributed by atoms with E-state index in [1.165, 1.54) is 0 Å². The average molecular weight is 314 g/mol. The molecule has 108 valence electrons. The van der Waals surface area contributed by atoms with Gasteiger partial charge in [0.05, 0.1) is 12.8 Å². The van der Waals surface area contributed by atoms with E-state index in [0.717, 1.165) is 22.6 Å². The molecule has 2 aromatic rings. The van der Waals surface area contributed by atoms with Crippen molar-refractivity contribution in [2.75, 3.05) is 7.11 Å². The Kier molecular flexibility index (Phi) is 4.58. The van der Waals surface area contributed by atoms with E-state index in [-0.39, 0.29) is 6.04 Å². The van der Waals surface area contributed by atoms with Crippen molar-refractivity contribution >= 4 is 23.2 Å². The number of aromatic nitrogens is 2. The molecular weight excluding hydrogens is 297 g/mol. The SMILES string of the molecule is COc1ccc(Cl)cc1C(N)Cc1c(C)nn(C)c1Cl. The molecule has 2 rings (SSSR count). The summed E-state index contributed by atoms with van der Waals surface area (Å²) in [4.78, 5) is 0. The van der Waals surface area contributed by atoms with Gasteiger partial charge in [0.1, 0.15) is 10.9 Å². The second-order valence-electron chi connectivity index (χ2n) is 4.68. The van der Waals surface area contributed by atoms with Crippen LogP contribution in [0.5, 0.6) is 5.75 Å². The highest BCUT2D eigenvalue weighted by atomic mass is 35.5. The highest BCUT2D eigenvalue weighted by Gasteiger charge is 2.18. The second kappa shape index (κ2) is 6.04. The number of methoxy groups -OCH3 is 1. The predicted octanol–water partition coefficient (Wildman–Crippen LogP) is 3.29. The van der Waals surface area contributed by atoms with E-state index in [0.29, 0.717) is 16.6 Å². The van der Waals surface area contributed by atoms with Gasteiger partial charge < -0.3 is 10.5 Å². The molecule has 0 aliphatic carbocycles. The smallest absolute Gasteiger partial charge is 0.130 e. The van der Waals surface area contributed by atoms with E-state index < -0.39 is 0 Å². The fraction of sp³-hybridized carbons (Fsp3) is 0.357. The summed E-state index contributed by atoms with van der Waals surface area (Å²) in [7, 11) is 3.42. The van der Waals surface area contributed by atoms with Crippen molar-refractivity contribution in [3.05, 3.63) is 45.2 Å². The Bertz CT molecular complexity index is 625. The van der Waals surface area contributed by atoms with Crippen molar-refractivity contribution in [2.24, 2.45) is 12.8 Å². The number of nitrogens with zero attached hydrogens (tertiary/aromatic N) is 2. The van der Waals surface area contributed by atoms with Crippen LogP contribution in [0.15, 0.2) is 18.2 Å². The first kappa shape index (κ1) is 15.2. The molecule has 0 aliphatic heterocycles. The molecule has 2 N–H and O–H groups in total. The minimum atomic E-state index is -0.260. The Morgan fingerprint density at radius 2 is 2.10 bits per heavy atom. The van der Waals surface area contributed by atoms with Crippen LogP contribution in [0.3, 0.4) is 0 Å². The van der Waals surface area contributed by atoms with Crippen LogP contribution in [-0.4, -0.2) is 16.9 Å². The van der Waals surface area contributed by atoms with Crippen LogP contribution >= 0.6 is 23.2 Å². The van der Waals surface area contributed by atoms with Gasteiger partial charge in [0.15, 0.2) is 0 Å². The number of ether oxygens (including phenoxy) is 1. The maximum absolute atomic E-state index is 6.29. The molecule has 0 radical (unpaired) electrons. The molecule has 0 bridgehead atoms. The van der Waals surface area contributed by atoms with Crippen LogP contribution in [-0.2, 0) is 13.5 Å². The Morgan fingerprint density at radius 3 is 2.65 bits per heavy atom. The highest BCUT2D eigenvalue weighted by molar-refractivity contribution is 6.30. The van der Waals surface area contributed by atoms with Crippen molar-refractivity contribution in [1.82, 2.24) is 9.78 Å². The summed E-state index contributed by atoms with van der Waals surface area (Å²) in [6.07, 6.45) is 0.579. The number of aryl methyl sites for hydroxylation is 2. The average Bonchev–Trinajstić information content (AvgIpc) is 2.65. The minimum Gasteiger partial charge on any atom is -0.496 e. The predicted molar refractivity (Wildman–Crippen MR) is 81.6 cm³/mol. The van der Waals surface area contributed by atoms with Crippen LogP contribution in [0.2, 0.25) is 10.2 Å². The van der Waals surface area contributed by atoms with Gasteiger partial charge in [0.2, 0.25) is 0 Å². The monoisotopic (exact) mass is 313 g/mol. The molecular formula is C14H17Cl2N3O. The lowest BCUT2D eigenvalue weighted by Gasteiger charge is -2.16. The van der Waals surface area contributed by atoms with Crippen molar-refractivity contribution < 1.29 is 4.74 Å². The number of benzene rings is 1. The first-order valence-corrected chi connectivity index (χ1v) is 6.96. The molecule has 1 aromatic heterocycles. The Morgan fingerprint density at radius 1 is 1.40 bits per heavy atom. The maximum Gasteiger partial charge on any atom is 0.130 e. The normalized spacial score (nSPS) is 12.5. The van der Waals surface area contributed by atoms with Gasteiger partial charge in [-0.1, -0.05) is 23.2 Å². The first-order chi connectivity index (χ1) is 9.43. The first-order valence-electron chi connectivity index (χ1n) is 6.21. The molecule has 0 aliphatic rings. The zero-order valence-corrected chi connectivity index (χ0v) is 13.2.